The second-order valence-electron chi connectivity index (χ2n) is 4.39. The Morgan fingerprint density at radius 1 is 1.32 bits per heavy atom. The highest BCUT2D eigenvalue weighted by atomic mass is 79.9. The van der Waals surface area contributed by atoms with E-state index in [2.05, 4.69) is 15.9 Å². The summed E-state index contributed by atoms with van der Waals surface area (Å²) in [5, 5.41) is 0.438. The molecule has 110 valence electrons. The van der Waals surface area contributed by atoms with Crippen molar-refractivity contribution in [1.82, 2.24) is 9.21 Å². The largest absolute Gasteiger partial charge is 0.308 e. The number of hydrogen-bond donors (Lipinski definition) is 0. The molecule has 0 saturated heterocycles. The zero-order valence-electron chi connectivity index (χ0n) is 11.2. The molecule has 0 saturated carbocycles. The summed E-state index contributed by atoms with van der Waals surface area (Å²) in [6, 6.07) is 1.50. The van der Waals surface area contributed by atoms with E-state index in [4.69, 9.17) is 11.6 Å². The summed E-state index contributed by atoms with van der Waals surface area (Å²) in [6.07, 6.45) is 0.785. The third-order valence-electron chi connectivity index (χ3n) is 2.49. The lowest BCUT2D eigenvalue weighted by atomic mass is 10.4. The van der Waals surface area contributed by atoms with Gasteiger partial charge in [-0.2, -0.15) is 4.31 Å². The third-order valence-corrected chi connectivity index (χ3v) is 7.31. The zero-order valence-corrected chi connectivity index (χ0v) is 15.2. The van der Waals surface area contributed by atoms with Crippen LogP contribution in [0.3, 0.4) is 0 Å². The van der Waals surface area contributed by atoms with Crippen molar-refractivity contribution in [3.8, 4) is 0 Å². The number of hydrogen-bond acceptors (Lipinski definition) is 4. The van der Waals surface area contributed by atoms with Gasteiger partial charge in [-0.3, -0.25) is 0 Å². The molecule has 0 bridgehead atoms. The van der Waals surface area contributed by atoms with Crippen molar-refractivity contribution >= 4 is 48.9 Å². The first-order valence-corrected chi connectivity index (χ1v) is 9.31. The van der Waals surface area contributed by atoms with Gasteiger partial charge >= 0.3 is 0 Å². The van der Waals surface area contributed by atoms with Crippen LogP contribution in [0, 0.1) is 0 Å². The highest BCUT2D eigenvalue weighted by molar-refractivity contribution is 9.11. The monoisotopic (exact) mass is 388 g/mol. The SMILES string of the molecule is CCCN(CCN(C)C)S(=O)(=O)c1cc(Cl)c(Br)s1. The zero-order chi connectivity index (χ0) is 14.6. The van der Waals surface area contributed by atoms with E-state index in [1.54, 1.807) is 0 Å². The first-order chi connectivity index (χ1) is 8.78. The van der Waals surface area contributed by atoms with Crippen LogP contribution in [-0.4, -0.2) is 51.4 Å². The molecule has 0 fully saturated rings. The molecule has 0 radical (unpaired) electrons. The third kappa shape index (κ3) is 4.68. The van der Waals surface area contributed by atoms with E-state index >= 15 is 0 Å². The van der Waals surface area contributed by atoms with E-state index in [0.717, 1.165) is 17.8 Å². The lowest BCUT2D eigenvalue weighted by Gasteiger charge is -2.22. The molecule has 0 aromatic carbocycles. The molecule has 0 spiro atoms. The maximum atomic E-state index is 12.5. The molecule has 0 aliphatic rings. The van der Waals surface area contributed by atoms with Gasteiger partial charge in [-0.15, -0.1) is 11.3 Å². The van der Waals surface area contributed by atoms with E-state index in [0.29, 0.717) is 28.4 Å². The maximum absolute atomic E-state index is 12.5. The van der Waals surface area contributed by atoms with Gasteiger partial charge in [0.25, 0.3) is 10.0 Å². The van der Waals surface area contributed by atoms with Gasteiger partial charge < -0.3 is 4.90 Å². The molecule has 0 amide bonds. The minimum Gasteiger partial charge on any atom is -0.308 e. The van der Waals surface area contributed by atoms with E-state index in [1.165, 1.54) is 10.4 Å². The predicted octanol–water partition coefficient (Wildman–Crippen LogP) is 3.13. The molecular weight excluding hydrogens is 372 g/mol. The van der Waals surface area contributed by atoms with Crippen LogP contribution in [0.2, 0.25) is 5.02 Å². The van der Waals surface area contributed by atoms with Crippen molar-refractivity contribution in [3.63, 3.8) is 0 Å². The van der Waals surface area contributed by atoms with Crippen molar-refractivity contribution in [2.75, 3.05) is 33.7 Å². The van der Waals surface area contributed by atoms with E-state index in [1.807, 2.05) is 25.9 Å². The van der Waals surface area contributed by atoms with Gasteiger partial charge in [-0.05, 0) is 42.5 Å². The lowest BCUT2D eigenvalue weighted by Crippen LogP contribution is -2.36. The molecule has 0 aliphatic heterocycles. The predicted molar refractivity (Wildman–Crippen MR) is 84.6 cm³/mol. The van der Waals surface area contributed by atoms with Crippen molar-refractivity contribution in [3.05, 3.63) is 14.9 Å². The van der Waals surface area contributed by atoms with Crippen LogP contribution >= 0.6 is 38.9 Å². The summed E-state index contributed by atoms with van der Waals surface area (Å²) in [5.74, 6) is 0. The Morgan fingerprint density at radius 3 is 2.37 bits per heavy atom. The van der Waals surface area contributed by atoms with Crippen LogP contribution in [0.1, 0.15) is 13.3 Å². The summed E-state index contributed by atoms with van der Waals surface area (Å²) in [4.78, 5) is 1.97. The lowest BCUT2D eigenvalue weighted by molar-refractivity contribution is 0.333. The molecular formula is C11H18BrClN2O2S2. The van der Waals surface area contributed by atoms with Crippen molar-refractivity contribution in [1.29, 1.82) is 0 Å². The molecule has 8 heteroatoms. The number of thiophene rings is 1. The first kappa shape index (κ1) is 17.4. The number of likely N-dealkylation sites (N-methyl/N-ethyl adjacent to an activating group) is 1. The second kappa shape index (κ2) is 7.38. The molecule has 1 rings (SSSR count). The molecule has 0 aliphatic carbocycles. The minimum absolute atomic E-state index is 0.289. The van der Waals surface area contributed by atoms with Gasteiger partial charge in [0.2, 0.25) is 0 Å². The highest BCUT2D eigenvalue weighted by Crippen LogP contribution is 2.35. The second-order valence-corrected chi connectivity index (χ2v) is 9.34. The molecule has 0 unspecified atom stereocenters. The summed E-state index contributed by atoms with van der Waals surface area (Å²) in [5.41, 5.74) is 0. The normalized spacial score (nSPS) is 12.6. The Hall–Kier alpha value is 0.340. The topological polar surface area (TPSA) is 40.6 Å². The number of halogens is 2. The van der Waals surface area contributed by atoms with Gasteiger partial charge in [0.1, 0.15) is 4.21 Å². The summed E-state index contributed by atoms with van der Waals surface area (Å²) in [6.45, 7) is 3.66. The fourth-order valence-corrected chi connectivity index (χ4v) is 5.57. The standard InChI is InChI=1S/C11H18BrClN2O2S2/c1-4-5-15(7-6-14(2)3)19(16,17)10-8-9(13)11(12)18-10/h8H,4-7H2,1-3H3. The Kier molecular flexibility index (Phi) is 6.75. The van der Waals surface area contributed by atoms with Crippen LogP contribution in [0.15, 0.2) is 14.1 Å². The molecule has 0 atom stereocenters. The fraction of sp³-hybridized carbons (Fsp3) is 0.636. The number of nitrogens with zero attached hydrogens (tertiary/aromatic N) is 2. The first-order valence-electron chi connectivity index (χ1n) is 5.88. The summed E-state index contributed by atoms with van der Waals surface area (Å²) < 4.78 is 27.5. The molecule has 4 nitrogen and oxygen atoms in total. The average molecular weight is 390 g/mol. The van der Waals surface area contributed by atoms with Crippen LogP contribution in [0.5, 0.6) is 0 Å². The molecule has 1 aromatic heterocycles. The quantitative estimate of drug-likeness (QED) is 0.719. The fourth-order valence-electron chi connectivity index (χ4n) is 1.49. The van der Waals surface area contributed by atoms with Gasteiger partial charge in [-0.1, -0.05) is 18.5 Å². The Labute approximate surface area is 132 Å². The van der Waals surface area contributed by atoms with Gasteiger partial charge in [0.05, 0.1) is 8.81 Å². The smallest absolute Gasteiger partial charge is 0.252 e. The average Bonchev–Trinajstić information content (AvgIpc) is 2.65. The van der Waals surface area contributed by atoms with E-state index in [-0.39, 0.29) is 4.21 Å². The van der Waals surface area contributed by atoms with Crippen molar-refractivity contribution < 1.29 is 8.42 Å². The van der Waals surface area contributed by atoms with Crippen molar-refractivity contribution in [2.24, 2.45) is 0 Å². The van der Waals surface area contributed by atoms with Crippen LogP contribution < -0.4 is 0 Å². The minimum atomic E-state index is -3.45. The van der Waals surface area contributed by atoms with Crippen LogP contribution in [0.4, 0.5) is 0 Å². The van der Waals surface area contributed by atoms with Gasteiger partial charge in [0, 0.05) is 19.6 Å². The number of rotatable bonds is 7. The Bertz CT molecular complexity index is 497. The molecule has 19 heavy (non-hydrogen) atoms. The van der Waals surface area contributed by atoms with E-state index < -0.39 is 10.0 Å². The van der Waals surface area contributed by atoms with Crippen LogP contribution in [-0.2, 0) is 10.0 Å². The summed E-state index contributed by atoms with van der Waals surface area (Å²) >= 11 is 10.3. The molecule has 1 aromatic rings. The van der Waals surface area contributed by atoms with Gasteiger partial charge in [0.15, 0.2) is 0 Å². The molecule has 1 heterocycles. The van der Waals surface area contributed by atoms with E-state index in [9.17, 15) is 8.42 Å². The Morgan fingerprint density at radius 2 is 1.95 bits per heavy atom. The maximum Gasteiger partial charge on any atom is 0.252 e. The highest BCUT2D eigenvalue weighted by Gasteiger charge is 2.26. The summed E-state index contributed by atoms with van der Waals surface area (Å²) in [7, 11) is 0.402. The number of sulfonamides is 1. The van der Waals surface area contributed by atoms with Crippen molar-refractivity contribution in [2.45, 2.75) is 17.6 Å². The van der Waals surface area contributed by atoms with Crippen LogP contribution in [0.25, 0.3) is 0 Å². The van der Waals surface area contributed by atoms with Gasteiger partial charge in [-0.25, -0.2) is 8.42 Å². The molecule has 0 N–H and O–H groups in total. The Balaban J connectivity index is 2.98.